The number of halogens is 1. The minimum Gasteiger partial charge on any atom is -0.330 e. The van der Waals surface area contributed by atoms with Gasteiger partial charge in [-0.1, -0.05) is 0 Å². The van der Waals surface area contributed by atoms with E-state index in [0.29, 0.717) is 6.54 Å². The Kier molecular flexibility index (Phi) is 2.69. The van der Waals surface area contributed by atoms with Crippen LogP contribution in [0.4, 0.5) is 0 Å². The highest BCUT2D eigenvalue weighted by molar-refractivity contribution is 9.11. The second-order valence-electron chi connectivity index (χ2n) is 3.17. The average molecular weight is 274 g/mol. The highest BCUT2D eigenvalue weighted by Gasteiger charge is 2.27. The van der Waals surface area contributed by atoms with Gasteiger partial charge in [0.2, 0.25) is 5.91 Å². The van der Waals surface area contributed by atoms with Crippen molar-refractivity contribution in [3.8, 4) is 0 Å². The van der Waals surface area contributed by atoms with E-state index < -0.39 is 0 Å². The van der Waals surface area contributed by atoms with Crippen molar-refractivity contribution in [3.05, 3.63) is 20.8 Å². The molecule has 1 aromatic heterocycles. The molecule has 0 radical (unpaired) electrons. The molecule has 5 heteroatoms. The second kappa shape index (κ2) is 3.82. The summed E-state index contributed by atoms with van der Waals surface area (Å²) in [5.74, 6) is -0.0369. The summed E-state index contributed by atoms with van der Waals surface area (Å²) in [5, 5.41) is 0. The first-order valence-electron chi connectivity index (χ1n) is 4.19. The third kappa shape index (κ3) is 2.04. The zero-order chi connectivity index (χ0) is 10.1. The number of carbonyl (C=O) groups excluding carboxylic acids is 2. The summed E-state index contributed by atoms with van der Waals surface area (Å²) in [4.78, 5) is 25.0. The number of hydrogen-bond acceptors (Lipinski definition) is 3. The first-order valence-corrected chi connectivity index (χ1v) is 5.80. The van der Waals surface area contributed by atoms with Crippen LogP contribution in [-0.4, -0.2) is 23.1 Å². The van der Waals surface area contributed by atoms with E-state index in [4.69, 9.17) is 0 Å². The fourth-order valence-electron chi connectivity index (χ4n) is 1.41. The Morgan fingerprint density at radius 2 is 2.21 bits per heavy atom. The number of hydrogen-bond donors (Lipinski definition) is 0. The Morgan fingerprint density at radius 1 is 1.43 bits per heavy atom. The van der Waals surface area contributed by atoms with Gasteiger partial charge >= 0.3 is 0 Å². The normalized spacial score (nSPS) is 16.8. The molecule has 0 spiro atoms. The number of ketones is 1. The Bertz CT molecular complexity index is 388. The molecule has 14 heavy (non-hydrogen) atoms. The molecule has 0 aliphatic carbocycles. The zero-order valence-corrected chi connectivity index (χ0v) is 9.73. The summed E-state index contributed by atoms with van der Waals surface area (Å²) in [7, 11) is 0. The monoisotopic (exact) mass is 273 g/mol. The van der Waals surface area contributed by atoms with Crippen LogP contribution in [0.5, 0.6) is 0 Å². The number of Topliss-reactive ketones (excluding diaryl/α,β-unsaturated/α-hetero) is 1. The van der Waals surface area contributed by atoms with Gasteiger partial charge in [0.15, 0.2) is 5.78 Å². The van der Waals surface area contributed by atoms with Crippen LogP contribution in [0.2, 0.25) is 0 Å². The largest absolute Gasteiger partial charge is 0.330 e. The lowest BCUT2D eigenvalue weighted by molar-refractivity contribution is -0.128. The van der Waals surface area contributed by atoms with Gasteiger partial charge in [0.05, 0.1) is 23.3 Å². The molecular weight excluding hydrogens is 266 g/mol. The van der Waals surface area contributed by atoms with Crippen LogP contribution in [0.25, 0.3) is 0 Å². The maximum atomic E-state index is 11.3. The van der Waals surface area contributed by atoms with Gasteiger partial charge in [0.1, 0.15) is 0 Å². The van der Waals surface area contributed by atoms with E-state index in [1.807, 2.05) is 12.1 Å². The number of rotatable bonds is 2. The van der Waals surface area contributed by atoms with Crippen molar-refractivity contribution >= 4 is 39.0 Å². The van der Waals surface area contributed by atoms with Gasteiger partial charge in [0, 0.05) is 4.88 Å². The van der Waals surface area contributed by atoms with Crippen LogP contribution < -0.4 is 0 Å². The molecule has 1 saturated heterocycles. The third-order valence-electron chi connectivity index (χ3n) is 2.04. The zero-order valence-electron chi connectivity index (χ0n) is 7.33. The first kappa shape index (κ1) is 9.86. The number of amides is 1. The topological polar surface area (TPSA) is 37.4 Å². The number of nitrogens with zero attached hydrogens (tertiary/aromatic N) is 1. The molecule has 1 aliphatic rings. The Hall–Kier alpha value is -0.680. The van der Waals surface area contributed by atoms with Crippen LogP contribution in [0.1, 0.15) is 11.3 Å². The van der Waals surface area contributed by atoms with Crippen molar-refractivity contribution in [2.24, 2.45) is 0 Å². The Labute approximate surface area is 93.8 Å². The molecule has 1 fully saturated rings. The molecule has 74 valence electrons. The van der Waals surface area contributed by atoms with Crippen LogP contribution in [0, 0.1) is 0 Å². The van der Waals surface area contributed by atoms with E-state index in [1.165, 1.54) is 0 Å². The van der Waals surface area contributed by atoms with E-state index >= 15 is 0 Å². The molecule has 1 amide bonds. The van der Waals surface area contributed by atoms with Crippen LogP contribution in [-0.2, 0) is 16.1 Å². The van der Waals surface area contributed by atoms with Crippen molar-refractivity contribution < 1.29 is 9.59 Å². The minimum atomic E-state index is -0.0560. The molecule has 0 bridgehead atoms. The lowest BCUT2D eigenvalue weighted by atomic mass is 10.3. The fraction of sp³-hybridized carbons (Fsp3) is 0.333. The standard InChI is InChI=1S/C9H8BrNO2S/c10-8-2-1-7(14-8)5-11-4-6(12)3-9(11)13/h1-2H,3-5H2. The van der Waals surface area contributed by atoms with Crippen molar-refractivity contribution in [3.63, 3.8) is 0 Å². The summed E-state index contributed by atoms with van der Waals surface area (Å²) < 4.78 is 1.05. The van der Waals surface area contributed by atoms with Gasteiger partial charge in [-0.05, 0) is 28.1 Å². The minimum absolute atomic E-state index is 0.0191. The average Bonchev–Trinajstić information content (AvgIpc) is 2.61. The quantitative estimate of drug-likeness (QED) is 0.771. The van der Waals surface area contributed by atoms with Crippen molar-refractivity contribution in [2.45, 2.75) is 13.0 Å². The number of carbonyl (C=O) groups is 2. The smallest absolute Gasteiger partial charge is 0.230 e. The second-order valence-corrected chi connectivity index (χ2v) is 5.72. The summed E-state index contributed by atoms with van der Waals surface area (Å²) >= 11 is 4.95. The maximum absolute atomic E-state index is 11.3. The van der Waals surface area contributed by atoms with Gasteiger partial charge < -0.3 is 4.90 Å². The van der Waals surface area contributed by atoms with Gasteiger partial charge in [-0.2, -0.15) is 0 Å². The summed E-state index contributed by atoms with van der Waals surface area (Å²) in [6, 6.07) is 3.91. The van der Waals surface area contributed by atoms with E-state index in [2.05, 4.69) is 15.9 Å². The molecular formula is C9H8BrNO2S. The predicted molar refractivity (Wildman–Crippen MR) is 57.1 cm³/mol. The summed E-state index contributed by atoms with van der Waals surface area (Å²) in [6.45, 7) is 0.829. The molecule has 0 unspecified atom stereocenters. The van der Waals surface area contributed by atoms with E-state index in [0.717, 1.165) is 8.66 Å². The molecule has 2 rings (SSSR count). The van der Waals surface area contributed by atoms with E-state index in [-0.39, 0.29) is 24.7 Å². The molecule has 0 N–H and O–H groups in total. The Morgan fingerprint density at radius 3 is 2.71 bits per heavy atom. The van der Waals surface area contributed by atoms with Gasteiger partial charge in [-0.25, -0.2) is 0 Å². The van der Waals surface area contributed by atoms with Crippen LogP contribution in [0.15, 0.2) is 15.9 Å². The predicted octanol–water partition coefficient (Wildman–Crippen LogP) is 1.81. The SMILES string of the molecule is O=C1CC(=O)N(Cc2ccc(Br)s2)C1. The molecule has 0 saturated carbocycles. The van der Waals surface area contributed by atoms with E-state index in [9.17, 15) is 9.59 Å². The van der Waals surface area contributed by atoms with E-state index in [1.54, 1.807) is 16.2 Å². The highest BCUT2D eigenvalue weighted by Crippen LogP contribution is 2.24. The van der Waals surface area contributed by atoms with Crippen LogP contribution >= 0.6 is 27.3 Å². The van der Waals surface area contributed by atoms with Crippen molar-refractivity contribution in [1.29, 1.82) is 0 Å². The Balaban J connectivity index is 2.05. The highest BCUT2D eigenvalue weighted by atomic mass is 79.9. The fourth-order valence-corrected chi connectivity index (χ4v) is 2.91. The summed E-state index contributed by atoms with van der Waals surface area (Å²) in [6.07, 6.45) is 0.0759. The van der Waals surface area contributed by atoms with Crippen LogP contribution in [0.3, 0.4) is 0 Å². The lowest BCUT2D eigenvalue weighted by Crippen LogP contribution is -2.23. The van der Waals surface area contributed by atoms with Gasteiger partial charge in [-0.3, -0.25) is 9.59 Å². The molecule has 1 aliphatic heterocycles. The number of thiophene rings is 1. The van der Waals surface area contributed by atoms with Gasteiger partial charge in [-0.15, -0.1) is 11.3 Å². The number of likely N-dealkylation sites (tertiary alicyclic amines) is 1. The molecule has 2 heterocycles. The summed E-state index contributed by atoms with van der Waals surface area (Å²) in [5.41, 5.74) is 0. The van der Waals surface area contributed by atoms with Gasteiger partial charge in [0.25, 0.3) is 0 Å². The third-order valence-corrected chi connectivity index (χ3v) is 3.65. The van der Waals surface area contributed by atoms with Crippen molar-refractivity contribution in [1.82, 2.24) is 4.90 Å². The molecule has 0 atom stereocenters. The molecule has 0 aromatic carbocycles. The maximum Gasteiger partial charge on any atom is 0.230 e. The van der Waals surface area contributed by atoms with Crippen molar-refractivity contribution in [2.75, 3.05) is 6.54 Å². The first-order chi connectivity index (χ1) is 6.65. The molecule has 3 nitrogen and oxygen atoms in total. The lowest BCUT2D eigenvalue weighted by Gasteiger charge is -2.12. The molecule has 1 aromatic rings.